The standard InChI is InChI=1S/C19H19.C4H10N.2ClH.Ti/c1-12-11-19(14(3)13(12)2)18-10-9-16-7-5-6-8-17(16)15(18)4;1-4(2,3)5;;;/h5-10H,4,11H2,1-3H3;5H,1-3H3;2*1H;/q2*-1;;;+2/p-2. The molecule has 0 heterocycles. The first-order chi connectivity index (χ1) is 11.1. The van der Waals surface area contributed by atoms with E-state index in [4.69, 9.17) is 5.73 Å². The van der Waals surface area contributed by atoms with Crippen LogP contribution >= 0.6 is 0 Å². The summed E-state index contributed by atoms with van der Waals surface area (Å²) in [6.45, 7) is 16.6. The minimum absolute atomic E-state index is 0. The monoisotopic (exact) mass is 437 g/mol. The van der Waals surface area contributed by atoms with Gasteiger partial charge in [0.25, 0.3) is 0 Å². The molecule has 0 atom stereocenters. The van der Waals surface area contributed by atoms with E-state index >= 15 is 0 Å². The molecule has 0 spiro atoms. The molecule has 1 aliphatic rings. The van der Waals surface area contributed by atoms with E-state index in [0.29, 0.717) is 0 Å². The zero-order valence-electron chi connectivity index (χ0n) is 17.1. The molecule has 2 aromatic rings. The van der Waals surface area contributed by atoms with Gasteiger partial charge in [0.15, 0.2) is 0 Å². The maximum atomic E-state index is 6.94. The van der Waals surface area contributed by atoms with Crippen molar-refractivity contribution in [2.75, 3.05) is 0 Å². The summed E-state index contributed by atoms with van der Waals surface area (Å²) in [7, 11) is 0. The molecule has 0 aliphatic heterocycles. The van der Waals surface area contributed by atoms with Crippen LogP contribution in [0.15, 0.2) is 53.1 Å². The Balaban J connectivity index is 0. The summed E-state index contributed by atoms with van der Waals surface area (Å²) in [4.78, 5) is 0. The molecule has 0 saturated heterocycles. The molecular weight excluding hydrogens is 409 g/mol. The van der Waals surface area contributed by atoms with E-state index in [2.05, 4.69) is 64.1 Å². The van der Waals surface area contributed by atoms with E-state index in [0.717, 1.165) is 12.0 Å². The SMILES string of the molecule is CC(C)(C)[NH-].[CH2-]c1c(C2=C(C)C(C)=C(C)C2)ccc2ccccc12.[Cl-].[Cl-].[Ti+2]. The molecule has 1 N–H and O–H groups in total. The normalized spacial score (nSPS) is 13.3. The van der Waals surface area contributed by atoms with Crippen molar-refractivity contribution >= 4 is 16.3 Å². The predicted octanol–water partition coefficient (Wildman–Crippen LogP) is 1.38. The van der Waals surface area contributed by atoms with Crippen molar-refractivity contribution in [2.45, 2.75) is 53.5 Å². The third kappa shape index (κ3) is 7.33. The van der Waals surface area contributed by atoms with E-state index in [9.17, 15) is 0 Å². The number of benzene rings is 2. The molecule has 27 heavy (non-hydrogen) atoms. The van der Waals surface area contributed by atoms with Crippen LogP contribution in [-0.4, -0.2) is 5.54 Å². The molecule has 0 fully saturated rings. The van der Waals surface area contributed by atoms with Crippen LogP contribution < -0.4 is 24.8 Å². The Morgan fingerprint density at radius 3 is 1.89 bits per heavy atom. The molecule has 0 bridgehead atoms. The fraction of sp³-hybridized carbons (Fsp3) is 0.348. The molecule has 3 rings (SSSR count). The summed E-state index contributed by atoms with van der Waals surface area (Å²) in [5.74, 6) is 0. The van der Waals surface area contributed by atoms with Crippen LogP contribution in [-0.2, 0) is 21.7 Å². The van der Waals surface area contributed by atoms with Gasteiger partial charge in [0.1, 0.15) is 0 Å². The first kappa shape index (κ1) is 28.5. The Morgan fingerprint density at radius 2 is 1.41 bits per heavy atom. The molecule has 2 aromatic carbocycles. The van der Waals surface area contributed by atoms with Crippen LogP contribution in [0.25, 0.3) is 22.1 Å². The van der Waals surface area contributed by atoms with Crippen molar-refractivity contribution in [3.05, 3.63) is 76.9 Å². The van der Waals surface area contributed by atoms with E-state index < -0.39 is 0 Å². The first-order valence-electron chi connectivity index (χ1n) is 8.55. The molecule has 4 heteroatoms. The Morgan fingerprint density at radius 1 is 0.889 bits per heavy atom. The van der Waals surface area contributed by atoms with Gasteiger partial charge >= 0.3 is 21.7 Å². The second kappa shape index (κ2) is 11.3. The summed E-state index contributed by atoms with van der Waals surface area (Å²) in [5, 5.41) is 2.54. The van der Waals surface area contributed by atoms with Crippen molar-refractivity contribution in [2.24, 2.45) is 0 Å². The number of rotatable bonds is 1. The molecule has 146 valence electrons. The average Bonchev–Trinajstić information content (AvgIpc) is 2.74. The molecule has 1 nitrogen and oxygen atoms in total. The average molecular weight is 438 g/mol. The number of hydrogen-bond donors (Lipinski definition) is 0. The Hall–Kier alpha value is -0.696. The summed E-state index contributed by atoms with van der Waals surface area (Å²) in [6.07, 6.45) is 1.07. The minimum atomic E-state index is -0.250. The van der Waals surface area contributed by atoms with Crippen LogP contribution in [0.2, 0.25) is 0 Å². The molecular formula is C23H29Cl2NTi-2. The van der Waals surface area contributed by atoms with Crippen molar-refractivity contribution in [3.8, 4) is 0 Å². The second-order valence-corrected chi connectivity index (χ2v) is 7.75. The Labute approximate surface area is 192 Å². The van der Waals surface area contributed by atoms with Crippen LogP contribution in [0.1, 0.15) is 59.1 Å². The zero-order chi connectivity index (χ0) is 18.1. The summed E-state index contributed by atoms with van der Waals surface area (Å²) in [6, 6.07) is 12.9. The van der Waals surface area contributed by atoms with Crippen LogP contribution in [0, 0.1) is 6.92 Å². The first-order valence-corrected chi connectivity index (χ1v) is 8.55. The van der Waals surface area contributed by atoms with Gasteiger partial charge in [-0.1, -0.05) is 67.1 Å². The number of allylic oxidation sites excluding steroid dienone is 4. The quantitative estimate of drug-likeness (QED) is 0.475. The molecule has 0 saturated carbocycles. The summed E-state index contributed by atoms with van der Waals surface area (Å²) < 4.78 is 0. The third-order valence-electron chi connectivity index (χ3n) is 4.46. The molecule has 0 amide bonds. The molecule has 1 aliphatic carbocycles. The molecule has 0 aromatic heterocycles. The van der Waals surface area contributed by atoms with Gasteiger partial charge in [-0.3, -0.25) is 0 Å². The largest absolute Gasteiger partial charge is 2.00 e. The van der Waals surface area contributed by atoms with Crippen molar-refractivity contribution < 1.29 is 46.5 Å². The van der Waals surface area contributed by atoms with Gasteiger partial charge in [-0.05, 0) is 32.8 Å². The van der Waals surface area contributed by atoms with Crippen LogP contribution in [0.4, 0.5) is 0 Å². The smallest absolute Gasteiger partial charge is 1.00 e. The fourth-order valence-electron chi connectivity index (χ4n) is 2.99. The minimum Gasteiger partial charge on any atom is -1.00 e. The number of halogens is 2. The van der Waals surface area contributed by atoms with E-state index in [1.807, 2.05) is 20.8 Å². The molecule has 0 unspecified atom stereocenters. The Kier molecular flexibility index (Phi) is 12.0. The van der Waals surface area contributed by atoms with Gasteiger partial charge < -0.3 is 30.5 Å². The van der Waals surface area contributed by atoms with Gasteiger partial charge in [-0.2, -0.15) is 12.5 Å². The maximum absolute atomic E-state index is 6.94. The van der Waals surface area contributed by atoms with Crippen LogP contribution in [0.3, 0.4) is 0 Å². The second-order valence-electron chi connectivity index (χ2n) is 7.75. The van der Waals surface area contributed by atoms with E-state index in [1.165, 1.54) is 38.6 Å². The third-order valence-corrected chi connectivity index (χ3v) is 4.46. The van der Waals surface area contributed by atoms with Gasteiger partial charge in [0.05, 0.1) is 0 Å². The maximum Gasteiger partial charge on any atom is 2.00 e. The van der Waals surface area contributed by atoms with Gasteiger partial charge in [-0.25, -0.2) is 0 Å². The summed E-state index contributed by atoms with van der Waals surface area (Å²) >= 11 is 0. The van der Waals surface area contributed by atoms with Crippen molar-refractivity contribution in [1.82, 2.24) is 0 Å². The fourth-order valence-corrected chi connectivity index (χ4v) is 2.99. The van der Waals surface area contributed by atoms with Crippen molar-refractivity contribution in [1.29, 1.82) is 0 Å². The number of hydrogen-bond acceptors (Lipinski definition) is 0. The predicted molar refractivity (Wildman–Crippen MR) is 108 cm³/mol. The van der Waals surface area contributed by atoms with Crippen LogP contribution in [0.5, 0.6) is 0 Å². The van der Waals surface area contributed by atoms with Gasteiger partial charge in [0.2, 0.25) is 0 Å². The number of fused-ring (bicyclic) bond motifs is 1. The zero-order valence-corrected chi connectivity index (χ0v) is 20.2. The van der Waals surface area contributed by atoms with E-state index in [1.54, 1.807) is 0 Å². The Bertz CT molecular complexity index is 824. The summed E-state index contributed by atoms with van der Waals surface area (Å²) in [5.41, 5.74) is 15.0. The molecule has 0 radical (unpaired) electrons. The topological polar surface area (TPSA) is 23.8 Å². The van der Waals surface area contributed by atoms with Gasteiger partial charge in [-0.15, -0.1) is 28.6 Å². The van der Waals surface area contributed by atoms with Crippen molar-refractivity contribution in [3.63, 3.8) is 0 Å². The van der Waals surface area contributed by atoms with Gasteiger partial charge in [0, 0.05) is 0 Å². The number of nitrogens with one attached hydrogen (secondary N) is 1. The van der Waals surface area contributed by atoms with E-state index in [-0.39, 0.29) is 52.1 Å².